The Morgan fingerprint density at radius 3 is 2.58 bits per heavy atom. The lowest BCUT2D eigenvalue weighted by Gasteiger charge is -2.21. The molecule has 0 aliphatic carbocycles. The van der Waals surface area contributed by atoms with Gasteiger partial charge in [0.1, 0.15) is 11.4 Å². The maximum atomic E-state index is 14.1. The third-order valence-corrected chi connectivity index (χ3v) is 7.43. The van der Waals surface area contributed by atoms with E-state index in [9.17, 15) is 14.7 Å². The number of rotatable bonds is 10. The molecule has 220 valence electrons. The second-order valence-corrected chi connectivity index (χ2v) is 10.9. The number of fused-ring (bicyclic) bond motifs is 2. The Labute approximate surface area is 247 Å². The van der Waals surface area contributed by atoms with E-state index < -0.39 is 5.97 Å². The molecule has 43 heavy (non-hydrogen) atoms. The van der Waals surface area contributed by atoms with E-state index in [2.05, 4.69) is 20.6 Å². The molecule has 3 aromatic carbocycles. The van der Waals surface area contributed by atoms with E-state index in [0.717, 1.165) is 16.7 Å². The van der Waals surface area contributed by atoms with Gasteiger partial charge >= 0.3 is 5.97 Å². The van der Waals surface area contributed by atoms with Crippen molar-refractivity contribution in [2.75, 3.05) is 13.4 Å². The molecule has 0 radical (unpaired) electrons. The minimum atomic E-state index is -1.19. The van der Waals surface area contributed by atoms with E-state index in [-0.39, 0.29) is 36.4 Å². The lowest BCUT2D eigenvalue weighted by Crippen LogP contribution is -2.25. The summed E-state index contributed by atoms with van der Waals surface area (Å²) in [6.45, 7) is 6.95. The molecule has 6 rings (SSSR count). The van der Waals surface area contributed by atoms with Gasteiger partial charge in [0.2, 0.25) is 12.6 Å². The summed E-state index contributed by atoms with van der Waals surface area (Å²) >= 11 is 0. The van der Waals surface area contributed by atoms with Crippen LogP contribution in [0.4, 0.5) is 0 Å². The van der Waals surface area contributed by atoms with Crippen LogP contribution in [0.1, 0.15) is 53.5 Å². The number of pyridine rings is 1. The molecule has 3 heterocycles. The Bertz CT molecular complexity index is 1880. The van der Waals surface area contributed by atoms with E-state index in [1.807, 2.05) is 57.2 Å². The van der Waals surface area contributed by atoms with Crippen molar-refractivity contribution in [1.29, 1.82) is 0 Å². The summed E-state index contributed by atoms with van der Waals surface area (Å²) in [4.78, 5) is 27.1. The summed E-state index contributed by atoms with van der Waals surface area (Å²) in [6, 6.07) is 16.4. The summed E-state index contributed by atoms with van der Waals surface area (Å²) in [5.74, 6) is 1.33. The van der Waals surface area contributed by atoms with Gasteiger partial charge in [-0.1, -0.05) is 39.0 Å². The number of aromatic carboxylic acids is 1. The quantitative estimate of drug-likeness (QED) is 0.237. The molecule has 0 bridgehead atoms. The van der Waals surface area contributed by atoms with E-state index >= 15 is 0 Å². The number of hydrogen-bond acceptors (Lipinski definition) is 8. The molecule has 0 fully saturated rings. The molecular formula is C32H31N5O6. The monoisotopic (exact) mass is 581 g/mol. The van der Waals surface area contributed by atoms with Crippen molar-refractivity contribution < 1.29 is 24.1 Å². The van der Waals surface area contributed by atoms with Gasteiger partial charge in [-0.2, -0.15) is 5.21 Å². The summed E-state index contributed by atoms with van der Waals surface area (Å²) in [5.41, 5.74) is 3.55. The fourth-order valence-electron chi connectivity index (χ4n) is 5.39. The third-order valence-electron chi connectivity index (χ3n) is 7.43. The van der Waals surface area contributed by atoms with Gasteiger partial charge in [0.15, 0.2) is 16.9 Å². The normalized spacial score (nSPS) is 12.3. The van der Waals surface area contributed by atoms with Crippen LogP contribution in [-0.2, 0) is 19.4 Å². The fraction of sp³-hybridized carbons (Fsp3) is 0.281. The Morgan fingerprint density at radius 1 is 1.09 bits per heavy atom. The first-order chi connectivity index (χ1) is 20.8. The van der Waals surface area contributed by atoms with E-state index in [1.165, 1.54) is 0 Å². The highest BCUT2D eigenvalue weighted by molar-refractivity contribution is 5.93. The van der Waals surface area contributed by atoms with Crippen molar-refractivity contribution >= 4 is 16.9 Å². The van der Waals surface area contributed by atoms with Gasteiger partial charge in [0, 0.05) is 29.5 Å². The summed E-state index contributed by atoms with van der Waals surface area (Å²) < 4.78 is 18.9. The summed E-state index contributed by atoms with van der Waals surface area (Å²) in [5, 5.41) is 25.1. The first kappa shape index (κ1) is 28.0. The molecule has 2 N–H and O–H groups in total. The van der Waals surface area contributed by atoms with E-state index in [0.29, 0.717) is 58.5 Å². The number of carbonyl (C=O) groups is 1. The minimum Gasteiger partial charge on any atom is -0.493 e. The number of H-pyrrole nitrogens is 1. The lowest BCUT2D eigenvalue weighted by molar-refractivity contribution is 0.0684. The first-order valence-electron chi connectivity index (χ1n) is 14.1. The van der Waals surface area contributed by atoms with Gasteiger partial charge in [-0.05, 0) is 70.6 Å². The number of carboxylic acid groups (broad SMARTS) is 1. The third kappa shape index (κ3) is 5.53. The molecule has 0 unspecified atom stereocenters. The Morgan fingerprint density at radius 2 is 1.88 bits per heavy atom. The summed E-state index contributed by atoms with van der Waals surface area (Å²) in [6.07, 6.45) is 0.788. The van der Waals surface area contributed by atoms with Crippen LogP contribution in [0.3, 0.4) is 0 Å². The standard InChI is InChI=1S/C32H31N5O6/c1-4-20-12-27-28(43-17-42-27)13-22(20)15-37-26-9-8-23(41-16-18(2)3)14-24(26)30(38)25(29(37)32(39)40)11-19-6-5-7-21(10-19)31-33-35-36-34-31/h5-10,12-14,18H,4,11,15-17H2,1-3H3,(H,39,40)(H,33,34,35,36). The number of hydrogen-bond donors (Lipinski definition) is 2. The number of ether oxygens (including phenoxy) is 3. The maximum absolute atomic E-state index is 14.1. The number of aryl methyl sites for hydroxylation is 1. The van der Waals surface area contributed by atoms with Gasteiger partial charge in [-0.15, -0.1) is 10.2 Å². The van der Waals surface area contributed by atoms with Crippen LogP contribution >= 0.6 is 0 Å². The predicted octanol–water partition coefficient (Wildman–Crippen LogP) is 4.84. The minimum absolute atomic E-state index is 0.0713. The molecular weight excluding hydrogens is 550 g/mol. The number of carboxylic acids is 1. The first-order valence-corrected chi connectivity index (χ1v) is 14.1. The zero-order valence-electron chi connectivity index (χ0n) is 24.1. The average molecular weight is 582 g/mol. The molecule has 1 aliphatic rings. The van der Waals surface area contributed by atoms with Crippen molar-refractivity contribution in [3.05, 3.63) is 92.8 Å². The van der Waals surface area contributed by atoms with Crippen LogP contribution in [0.15, 0.2) is 59.4 Å². The molecule has 0 saturated heterocycles. The highest BCUT2D eigenvalue weighted by Gasteiger charge is 2.25. The van der Waals surface area contributed by atoms with Crippen LogP contribution in [0, 0.1) is 5.92 Å². The number of nitrogens with one attached hydrogen (secondary N) is 1. The zero-order chi connectivity index (χ0) is 30.1. The van der Waals surface area contributed by atoms with Crippen molar-refractivity contribution in [1.82, 2.24) is 25.2 Å². The fourth-order valence-corrected chi connectivity index (χ4v) is 5.39. The predicted molar refractivity (Wildman–Crippen MR) is 159 cm³/mol. The molecule has 2 aromatic heterocycles. The Hall–Kier alpha value is -5.19. The lowest BCUT2D eigenvalue weighted by atomic mass is 9.97. The average Bonchev–Trinajstić information content (AvgIpc) is 3.70. The highest BCUT2D eigenvalue weighted by atomic mass is 16.7. The van der Waals surface area contributed by atoms with Crippen molar-refractivity contribution in [3.63, 3.8) is 0 Å². The molecule has 0 spiro atoms. The molecule has 11 heteroatoms. The van der Waals surface area contributed by atoms with Crippen LogP contribution < -0.4 is 19.6 Å². The highest BCUT2D eigenvalue weighted by Crippen LogP contribution is 2.36. The van der Waals surface area contributed by atoms with Crippen molar-refractivity contribution in [2.24, 2.45) is 5.92 Å². The van der Waals surface area contributed by atoms with Gasteiger partial charge in [-0.25, -0.2) is 4.79 Å². The van der Waals surface area contributed by atoms with Crippen LogP contribution in [0.2, 0.25) is 0 Å². The maximum Gasteiger partial charge on any atom is 0.352 e. The molecule has 11 nitrogen and oxygen atoms in total. The van der Waals surface area contributed by atoms with Gasteiger partial charge in [-0.3, -0.25) is 4.79 Å². The largest absolute Gasteiger partial charge is 0.493 e. The smallest absolute Gasteiger partial charge is 0.352 e. The Balaban J connectivity index is 1.54. The number of nitrogens with zero attached hydrogens (tertiary/aromatic N) is 4. The molecule has 1 aliphatic heterocycles. The van der Waals surface area contributed by atoms with Gasteiger partial charge < -0.3 is 23.9 Å². The Kier molecular flexibility index (Phi) is 7.54. The molecule has 0 atom stereocenters. The second-order valence-electron chi connectivity index (χ2n) is 10.9. The van der Waals surface area contributed by atoms with Crippen molar-refractivity contribution in [2.45, 2.75) is 40.2 Å². The van der Waals surface area contributed by atoms with Crippen LogP contribution in [-0.4, -0.2) is 49.7 Å². The van der Waals surface area contributed by atoms with E-state index in [1.54, 1.807) is 22.8 Å². The molecule has 0 saturated carbocycles. The number of aromatic amines is 1. The molecule has 5 aromatic rings. The van der Waals surface area contributed by atoms with E-state index in [4.69, 9.17) is 14.2 Å². The van der Waals surface area contributed by atoms with Crippen LogP contribution in [0.25, 0.3) is 22.3 Å². The number of aromatic nitrogens is 5. The number of tetrazole rings is 1. The SMILES string of the molecule is CCc1cc2c(cc1Cn1c(C(=O)O)c(Cc3cccc(-c4nn[nH]n4)c3)c(=O)c3cc(OCC(C)C)ccc31)OCO2. The van der Waals surface area contributed by atoms with Crippen molar-refractivity contribution in [3.8, 4) is 28.6 Å². The number of benzene rings is 3. The zero-order valence-corrected chi connectivity index (χ0v) is 24.1. The second kappa shape index (κ2) is 11.6. The van der Waals surface area contributed by atoms with Crippen LogP contribution in [0.5, 0.6) is 17.2 Å². The summed E-state index contributed by atoms with van der Waals surface area (Å²) in [7, 11) is 0. The molecule has 0 amide bonds. The topological polar surface area (TPSA) is 141 Å². The van der Waals surface area contributed by atoms with Gasteiger partial charge in [0.25, 0.3) is 0 Å². The van der Waals surface area contributed by atoms with Gasteiger partial charge in [0.05, 0.1) is 12.1 Å².